The van der Waals surface area contributed by atoms with Crippen molar-refractivity contribution in [3.63, 3.8) is 0 Å². The van der Waals surface area contributed by atoms with Crippen LogP contribution in [-0.4, -0.2) is 23.3 Å². The molecule has 6 heteroatoms. The maximum atomic E-state index is 11.9. The van der Waals surface area contributed by atoms with Crippen molar-refractivity contribution in [2.24, 2.45) is 11.5 Å². The average Bonchev–Trinajstić information content (AvgIpc) is 2.38. The fourth-order valence-electron chi connectivity index (χ4n) is 1.60. The number of unbranched alkanes of at least 4 members (excludes halogenated alkanes) is 1. The highest BCUT2D eigenvalue weighted by Crippen LogP contribution is 2.14. The minimum absolute atomic E-state index is 0.0387. The molecule has 18 heavy (non-hydrogen) atoms. The molecule has 0 aliphatic heterocycles. The summed E-state index contributed by atoms with van der Waals surface area (Å²) in [5.74, 6) is -0.193. The summed E-state index contributed by atoms with van der Waals surface area (Å²) in [5.41, 5.74) is 11.5. The highest BCUT2D eigenvalue weighted by atomic mass is 16.6. The van der Waals surface area contributed by atoms with Gasteiger partial charge in [-0.05, 0) is 31.5 Å². The number of non-ortho nitro benzene ring substituents is 1. The molecular formula is C12H17N3O3. The molecular weight excluding hydrogens is 234 g/mol. The molecule has 1 rings (SSSR count). The summed E-state index contributed by atoms with van der Waals surface area (Å²) in [6, 6.07) is 4.91. The lowest BCUT2D eigenvalue weighted by atomic mass is 10.00. The van der Waals surface area contributed by atoms with Crippen LogP contribution in [0.2, 0.25) is 0 Å². The van der Waals surface area contributed by atoms with Crippen LogP contribution in [0.15, 0.2) is 24.3 Å². The van der Waals surface area contributed by atoms with E-state index in [-0.39, 0.29) is 11.5 Å². The molecule has 6 nitrogen and oxygen atoms in total. The second-order valence-corrected chi connectivity index (χ2v) is 4.06. The smallest absolute Gasteiger partial charge is 0.269 e. The van der Waals surface area contributed by atoms with E-state index in [9.17, 15) is 14.9 Å². The molecule has 0 amide bonds. The quantitative estimate of drug-likeness (QED) is 0.327. The molecule has 0 aliphatic rings. The Morgan fingerprint density at radius 3 is 2.39 bits per heavy atom. The Bertz CT molecular complexity index is 417. The van der Waals surface area contributed by atoms with Crippen LogP contribution in [0.1, 0.15) is 29.6 Å². The molecule has 0 fully saturated rings. The van der Waals surface area contributed by atoms with Gasteiger partial charge in [0.25, 0.3) is 5.69 Å². The molecule has 0 bridgehead atoms. The molecule has 0 saturated heterocycles. The van der Waals surface area contributed by atoms with Crippen molar-refractivity contribution in [3.8, 4) is 0 Å². The van der Waals surface area contributed by atoms with E-state index >= 15 is 0 Å². The van der Waals surface area contributed by atoms with E-state index in [1.165, 1.54) is 24.3 Å². The topological polar surface area (TPSA) is 112 Å². The standard InChI is InChI=1S/C12H17N3O3/c13-8-2-1-3-11(14)12(16)9-4-6-10(7-5-9)15(17)18/h4-7,11H,1-3,8,13-14H2/t11-/m0/s1. The van der Waals surface area contributed by atoms with Gasteiger partial charge in [0, 0.05) is 17.7 Å². The van der Waals surface area contributed by atoms with Crippen molar-refractivity contribution >= 4 is 11.5 Å². The van der Waals surface area contributed by atoms with Crippen LogP contribution < -0.4 is 11.5 Å². The number of ketones is 1. The fraction of sp³-hybridized carbons (Fsp3) is 0.417. The van der Waals surface area contributed by atoms with Crippen molar-refractivity contribution < 1.29 is 9.72 Å². The fourth-order valence-corrected chi connectivity index (χ4v) is 1.60. The Morgan fingerprint density at radius 2 is 1.89 bits per heavy atom. The van der Waals surface area contributed by atoms with Gasteiger partial charge in [-0.25, -0.2) is 0 Å². The van der Waals surface area contributed by atoms with Gasteiger partial charge in [0.2, 0.25) is 0 Å². The number of benzene rings is 1. The highest BCUT2D eigenvalue weighted by molar-refractivity contribution is 6.00. The number of carbonyl (C=O) groups excluding carboxylic acids is 1. The third kappa shape index (κ3) is 3.90. The van der Waals surface area contributed by atoms with Crippen LogP contribution in [0.3, 0.4) is 0 Å². The number of hydrogen-bond acceptors (Lipinski definition) is 5. The van der Waals surface area contributed by atoms with E-state index in [1.54, 1.807) is 0 Å². The summed E-state index contributed by atoms with van der Waals surface area (Å²) in [6.45, 7) is 0.582. The number of nitro groups is 1. The largest absolute Gasteiger partial charge is 0.330 e. The first-order valence-electron chi connectivity index (χ1n) is 5.80. The van der Waals surface area contributed by atoms with Gasteiger partial charge in [0.05, 0.1) is 11.0 Å². The van der Waals surface area contributed by atoms with Gasteiger partial charge in [-0.3, -0.25) is 14.9 Å². The van der Waals surface area contributed by atoms with Crippen molar-refractivity contribution in [2.75, 3.05) is 6.54 Å². The first kappa shape index (κ1) is 14.3. The number of nitro benzene ring substituents is 1. The first-order valence-corrected chi connectivity index (χ1v) is 5.80. The lowest BCUT2D eigenvalue weighted by Crippen LogP contribution is -2.30. The summed E-state index contributed by atoms with van der Waals surface area (Å²) in [7, 11) is 0. The number of rotatable bonds is 7. The van der Waals surface area contributed by atoms with Gasteiger partial charge < -0.3 is 11.5 Å². The molecule has 1 aromatic carbocycles. The van der Waals surface area contributed by atoms with Gasteiger partial charge >= 0.3 is 0 Å². The Labute approximate surface area is 105 Å². The zero-order valence-electron chi connectivity index (χ0n) is 10.0. The molecule has 1 aromatic rings. The summed E-state index contributed by atoms with van der Waals surface area (Å²) in [4.78, 5) is 21.9. The van der Waals surface area contributed by atoms with Crippen molar-refractivity contribution in [3.05, 3.63) is 39.9 Å². The Morgan fingerprint density at radius 1 is 1.28 bits per heavy atom. The third-order valence-corrected chi connectivity index (χ3v) is 2.67. The molecule has 0 heterocycles. The van der Waals surface area contributed by atoms with E-state index < -0.39 is 11.0 Å². The van der Waals surface area contributed by atoms with Gasteiger partial charge in [0.1, 0.15) is 0 Å². The molecule has 0 radical (unpaired) electrons. The second kappa shape index (κ2) is 6.83. The summed E-state index contributed by atoms with van der Waals surface area (Å²) < 4.78 is 0. The number of Topliss-reactive ketones (excluding diaryl/α,β-unsaturated/α-hetero) is 1. The SMILES string of the molecule is NCCCC[C@H](N)C(=O)c1ccc([N+](=O)[O-])cc1. The Hall–Kier alpha value is -1.79. The van der Waals surface area contributed by atoms with E-state index in [0.717, 1.165) is 12.8 Å². The predicted molar refractivity (Wildman–Crippen MR) is 68.3 cm³/mol. The van der Waals surface area contributed by atoms with Crippen LogP contribution in [0.4, 0.5) is 5.69 Å². The molecule has 0 aliphatic carbocycles. The van der Waals surface area contributed by atoms with Crippen molar-refractivity contribution in [1.82, 2.24) is 0 Å². The van der Waals surface area contributed by atoms with Crippen molar-refractivity contribution in [2.45, 2.75) is 25.3 Å². The molecule has 98 valence electrons. The second-order valence-electron chi connectivity index (χ2n) is 4.06. The highest BCUT2D eigenvalue weighted by Gasteiger charge is 2.16. The van der Waals surface area contributed by atoms with Crippen LogP contribution in [0.25, 0.3) is 0 Å². The van der Waals surface area contributed by atoms with Gasteiger partial charge in [0.15, 0.2) is 5.78 Å². The van der Waals surface area contributed by atoms with Gasteiger partial charge in [-0.1, -0.05) is 6.42 Å². The van der Waals surface area contributed by atoms with E-state index in [1.807, 2.05) is 0 Å². The summed E-state index contributed by atoms with van der Waals surface area (Å²) in [6.07, 6.45) is 2.21. The molecule has 0 aromatic heterocycles. The van der Waals surface area contributed by atoms with Crippen LogP contribution >= 0.6 is 0 Å². The number of carbonyl (C=O) groups is 1. The normalized spacial score (nSPS) is 12.1. The van der Waals surface area contributed by atoms with Gasteiger partial charge in [-0.2, -0.15) is 0 Å². The molecule has 0 unspecified atom stereocenters. The van der Waals surface area contributed by atoms with Crippen LogP contribution in [-0.2, 0) is 0 Å². The predicted octanol–water partition coefficient (Wildman–Crippen LogP) is 1.23. The molecule has 1 atom stereocenters. The number of hydrogen-bond donors (Lipinski definition) is 2. The maximum absolute atomic E-state index is 11.9. The minimum Gasteiger partial charge on any atom is -0.330 e. The summed E-state index contributed by atoms with van der Waals surface area (Å²) >= 11 is 0. The average molecular weight is 251 g/mol. The van der Waals surface area contributed by atoms with E-state index in [2.05, 4.69) is 0 Å². The third-order valence-electron chi connectivity index (χ3n) is 2.67. The minimum atomic E-state index is -0.571. The molecule has 0 spiro atoms. The zero-order chi connectivity index (χ0) is 13.5. The molecule has 4 N–H and O–H groups in total. The molecule has 0 saturated carbocycles. The van der Waals surface area contributed by atoms with E-state index in [4.69, 9.17) is 11.5 Å². The Kier molecular flexibility index (Phi) is 5.41. The van der Waals surface area contributed by atoms with Crippen LogP contribution in [0, 0.1) is 10.1 Å². The van der Waals surface area contributed by atoms with Gasteiger partial charge in [-0.15, -0.1) is 0 Å². The van der Waals surface area contributed by atoms with Crippen molar-refractivity contribution in [1.29, 1.82) is 0 Å². The lowest BCUT2D eigenvalue weighted by Gasteiger charge is -2.09. The maximum Gasteiger partial charge on any atom is 0.269 e. The van der Waals surface area contributed by atoms with E-state index in [0.29, 0.717) is 18.5 Å². The number of nitrogens with zero attached hydrogens (tertiary/aromatic N) is 1. The Balaban J connectivity index is 2.63. The first-order chi connectivity index (χ1) is 8.56. The monoisotopic (exact) mass is 251 g/mol. The number of nitrogens with two attached hydrogens (primary N) is 2. The van der Waals surface area contributed by atoms with Crippen LogP contribution in [0.5, 0.6) is 0 Å². The summed E-state index contributed by atoms with van der Waals surface area (Å²) in [5, 5.41) is 10.5. The lowest BCUT2D eigenvalue weighted by molar-refractivity contribution is -0.384. The zero-order valence-corrected chi connectivity index (χ0v) is 10.0.